The Morgan fingerprint density at radius 3 is 2.80 bits per heavy atom. The summed E-state index contributed by atoms with van der Waals surface area (Å²) in [5.41, 5.74) is 1.66. The van der Waals surface area contributed by atoms with Gasteiger partial charge in [-0.15, -0.1) is 10.1 Å². The topological polar surface area (TPSA) is 111 Å². The molecule has 0 aliphatic heterocycles. The fraction of sp³-hybridized carbons (Fsp3) is 0.118. The highest BCUT2D eigenvalue weighted by atomic mass is 16.9. The summed E-state index contributed by atoms with van der Waals surface area (Å²) in [4.78, 5) is 26.4. The number of nitrogens with zero attached hydrogens (tertiary/aromatic N) is 1. The Morgan fingerprint density at radius 1 is 1.32 bits per heavy atom. The van der Waals surface area contributed by atoms with Crippen LogP contribution in [0.4, 0.5) is 5.69 Å². The average Bonchev–Trinajstić information content (AvgIpc) is 2.58. The summed E-state index contributed by atoms with van der Waals surface area (Å²) in [6, 6.07) is 11.3. The van der Waals surface area contributed by atoms with Gasteiger partial charge >= 0.3 is 0 Å². The van der Waals surface area contributed by atoms with E-state index < -0.39 is 5.09 Å². The van der Waals surface area contributed by atoms with Gasteiger partial charge in [0.05, 0.1) is 7.11 Å². The third-order valence-corrected chi connectivity index (χ3v) is 3.16. The smallest absolute Gasteiger partial charge is 0.294 e. The van der Waals surface area contributed by atoms with Gasteiger partial charge in [-0.05, 0) is 41.5 Å². The molecule has 0 heterocycles. The summed E-state index contributed by atoms with van der Waals surface area (Å²) >= 11 is 0. The van der Waals surface area contributed by atoms with Crippen LogP contribution >= 0.6 is 0 Å². The molecule has 0 fully saturated rings. The first-order valence-electron chi connectivity index (χ1n) is 7.20. The zero-order valence-electron chi connectivity index (χ0n) is 13.3. The second kappa shape index (κ2) is 8.34. The maximum atomic E-state index is 11.9. The molecule has 0 aliphatic carbocycles. The molecule has 0 aliphatic rings. The summed E-state index contributed by atoms with van der Waals surface area (Å²) in [6.07, 6.45) is 2.84. The van der Waals surface area contributed by atoms with E-state index >= 15 is 0 Å². The molecule has 0 atom stereocenters. The molecule has 0 unspecified atom stereocenters. The lowest BCUT2D eigenvalue weighted by Crippen LogP contribution is -2.08. The number of amides is 1. The molecule has 1 amide bonds. The van der Waals surface area contributed by atoms with Gasteiger partial charge in [-0.2, -0.15) is 0 Å². The molecule has 2 rings (SSSR count). The van der Waals surface area contributed by atoms with Crippen molar-refractivity contribution in [3.8, 4) is 11.5 Å². The van der Waals surface area contributed by atoms with E-state index in [0.29, 0.717) is 22.6 Å². The largest absolute Gasteiger partial charge is 0.504 e. The van der Waals surface area contributed by atoms with Crippen molar-refractivity contribution < 1.29 is 24.6 Å². The highest BCUT2D eigenvalue weighted by Gasteiger charge is 2.03. The molecule has 8 heteroatoms. The number of rotatable bonds is 7. The third kappa shape index (κ3) is 5.54. The number of aromatic hydroxyl groups is 1. The molecule has 130 valence electrons. The minimum atomic E-state index is -0.877. The summed E-state index contributed by atoms with van der Waals surface area (Å²) in [7, 11) is 1.45. The number of anilines is 1. The van der Waals surface area contributed by atoms with Crippen LogP contribution in [0.25, 0.3) is 6.08 Å². The molecule has 0 radical (unpaired) electrons. The first-order chi connectivity index (χ1) is 12.0. The summed E-state index contributed by atoms with van der Waals surface area (Å²) in [6.45, 7) is -0.197. The van der Waals surface area contributed by atoms with Crippen LogP contribution in [0.2, 0.25) is 0 Å². The first-order valence-corrected chi connectivity index (χ1v) is 7.20. The standard InChI is InChI=1S/C17H16N2O6/c1-24-16-7-5-12(10-15(16)20)6-8-17(21)18-14-4-2-3-13(9-14)11-25-19(22)23/h2-10,20H,11H2,1H3,(H,18,21)/b8-6+. The average molecular weight is 344 g/mol. The van der Waals surface area contributed by atoms with Crippen molar-refractivity contribution in [3.63, 3.8) is 0 Å². The molecular weight excluding hydrogens is 328 g/mol. The fourth-order valence-corrected chi connectivity index (χ4v) is 2.03. The van der Waals surface area contributed by atoms with Crippen LogP contribution in [-0.4, -0.2) is 23.2 Å². The first kappa shape index (κ1) is 17.8. The summed E-state index contributed by atoms with van der Waals surface area (Å²) in [5, 5.41) is 21.7. The Hall–Kier alpha value is -3.55. The highest BCUT2D eigenvalue weighted by molar-refractivity contribution is 6.02. The Bertz CT molecular complexity index is 803. The van der Waals surface area contributed by atoms with E-state index in [-0.39, 0.29) is 18.3 Å². The van der Waals surface area contributed by atoms with E-state index in [1.807, 2.05) is 0 Å². The van der Waals surface area contributed by atoms with E-state index in [0.717, 1.165) is 0 Å². The molecule has 2 aromatic carbocycles. The van der Waals surface area contributed by atoms with E-state index in [4.69, 9.17) is 4.74 Å². The van der Waals surface area contributed by atoms with Gasteiger partial charge in [0.1, 0.15) is 6.61 Å². The molecule has 0 spiro atoms. The Balaban J connectivity index is 1.98. The number of methoxy groups -OCH3 is 1. The molecule has 0 saturated carbocycles. The van der Waals surface area contributed by atoms with Gasteiger partial charge in [0.15, 0.2) is 11.5 Å². The Kier molecular flexibility index (Phi) is 5.94. The third-order valence-electron chi connectivity index (χ3n) is 3.16. The summed E-state index contributed by atoms with van der Waals surface area (Å²) in [5.74, 6) is -0.0680. The van der Waals surface area contributed by atoms with Crippen LogP contribution in [0.1, 0.15) is 11.1 Å². The second-order valence-corrected chi connectivity index (χ2v) is 4.95. The lowest BCUT2D eigenvalue weighted by Gasteiger charge is -2.05. The molecule has 0 aromatic heterocycles. The fourth-order valence-electron chi connectivity index (χ4n) is 2.03. The Morgan fingerprint density at radius 2 is 2.12 bits per heavy atom. The number of hydrogen-bond donors (Lipinski definition) is 2. The number of ether oxygens (including phenoxy) is 1. The van der Waals surface area contributed by atoms with Crippen LogP contribution in [0.5, 0.6) is 11.5 Å². The van der Waals surface area contributed by atoms with Crippen LogP contribution in [0, 0.1) is 10.1 Å². The minimum Gasteiger partial charge on any atom is -0.504 e. The summed E-state index contributed by atoms with van der Waals surface area (Å²) < 4.78 is 4.94. The van der Waals surface area contributed by atoms with E-state index in [9.17, 15) is 20.0 Å². The van der Waals surface area contributed by atoms with Crippen LogP contribution < -0.4 is 10.1 Å². The van der Waals surface area contributed by atoms with E-state index in [1.54, 1.807) is 36.4 Å². The van der Waals surface area contributed by atoms with Crippen molar-refractivity contribution >= 4 is 17.7 Å². The van der Waals surface area contributed by atoms with Gasteiger partial charge in [-0.1, -0.05) is 18.2 Å². The van der Waals surface area contributed by atoms with Gasteiger partial charge < -0.3 is 20.0 Å². The van der Waals surface area contributed by atoms with Crippen LogP contribution in [0.3, 0.4) is 0 Å². The molecule has 0 bridgehead atoms. The number of carbonyl (C=O) groups is 1. The number of nitrogens with one attached hydrogen (secondary N) is 1. The van der Waals surface area contributed by atoms with Gasteiger partial charge in [0.2, 0.25) is 5.91 Å². The van der Waals surface area contributed by atoms with Crippen molar-refractivity contribution in [2.45, 2.75) is 6.61 Å². The maximum absolute atomic E-state index is 11.9. The van der Waals surface area contributed by atoms with E-state index in [1.165, 1.54) is 25.3 Å². The predicted molar refractivity (Wildman–Crippen MR) is 90.5 cm³/mol. The minimum absolute atomic E-state index is 0.0245. The molecule has 2 aromatic rings. The number of hydrogen-bond acceptors (Lipinski definition) is 6. The van der Waals surface area contributed by atoms with Crippen molar-refractivity contribution in [2.24, 2.45) is 0 Å². The van der Waals surface area contributed by atoms with E-state index in [2.05, 4.69) is 10.2 Å². The predicted octanol–water partition coefficient (Wildman–Crippen LogP) is 2.76. The zero-order chi connectivity index (χ0) is 18.2. The monoisotopic (exact) mass is 344 g/mol. The molecular formula is C17H16N2O6. The normalized spacial score (nSPS) is 10.4. The van der Waals surface area contributed by atoms with Crippen molar-refractivity contribution in [3.05, 3.63) is 69.8 Å². The molecule has 2 N–H and O–H groups in total. The van der Waals surface area contributed by atoms with Gasteiger partial charge in [0.25, 0.3) is 5.09 Å². The lowest BCUT2D eigenvalue weighted by atomic mass is 10.2. The van der Waals surface area contributed by atoms with Crippen LogP contribution in [0.15, 0.2) is 48.5 Å². The number of carbonyl (C=O) groups excluding carboxylic acids is 1. The van der Waals surface area contributed by atoms with Crippen molar-refractivity contribution in [2.75, 3.05) is 12.4 Å². The number of phenols is 1. The van der Waals surface area contributed by atoms with Gasteiger partial charge in [0, 0.05) is 11.8 Å². The lowest BCUT2D eigenvalue weighted by molar-refractivity contribution is -0.763. The Labute approximate surface area is 143 Å². The SMILES string of the molecule is COc1ccc(/C=C/C(=O)Nc2cccc(CO[N+](=O)[O-])c2)cc1O. The van der Waals surface area contributed by atoms with Crippen LogP contribution in [-0.2, 0) is 16.2 Å². The maximum Gasteiger partial charge on any atom is 0.294 e. The molecule has 0 saturated heterocycles. The molecule has 8 nitrogen and oxygen atoms in total. The number of phenolic OH excluding ortho intramolecular Hbond substituents is 1. The van der Waals surface area contributed by atoms with Gasteiger partial charge in [-0.3, -0.25) is 4.79 Å². The number of benzene rings is 2. The quantitative estimate of drug-likeness (QED) is 0.454. The van der Waals surface area contributed by atoms with Gasteiger partial charge in [-0.25, -0.2) is 0 Å². The zero-order valence-corrected chi connectivity index (χ0v) is 13.3. The van der Waals surface area contributed by atoms with Crippen molar-refractivity contribution in [1.29, 1.82) is 0 Å². The highest BCUT2D eigenvalue weighted by Crippen LogP contribution is 2.26. The van der Waals surface area contributed by atoms with Crippen molar-refractivity contribution in [1.82, 2.24) is 0 Å². The second-order valence-electron chi connectivity index (χ2n) is 4.95. The molecule has 25 heavy (non-hydrogen) atoms.